The van der Waals surface area contributed by atoms with Gasteiger partial charge in [-0.15, -0.1) is 23.7 Å². The molecule has 0 aliphatic carbocycles. The number of carbonyl (C=O) groups excluding carboxylic acids is 2. The van der Waals surface area contributed by atoms with Crippen LogP contribution in [0.25, 0.3) is 21.2 Å². The second kappa shape index (κ2) is 9.66. The van der Waals surface area contributed by atoms with Crippen molar-refractivity contribution in [3.8, 4) is 11.1 Å². The number of nitrogens with one attached hydrogen (secondary N) is 1. The maximum absolute atomic E-state index is 13.1. The summed E-state index contributed by atoms with van der Waals surface area (Å²) in [6.45, 7) is 4.60. The van der Waals surface area contributed by atoms with E-state index in [2.05, 4.69) is 34.5 Å². The Labute approximate surface area is 209 Å². The first-order valence-electron chi connectivity index (χ1n) is 11.7. The molecule has 0 radical (unpaired) electrons. The van der Waals surface area contributed by atoms with Crippen LogP contribution in [-0.2, 0) is 9.53 Å². The number of anilines is 1. The van der Waals surface area contributed by atoms with E-state index in [1.807, 2.05) is 24.3 Å². The molecule has 3 aromatic rings. The number of hydrogen-bond acceptors (Lipinski definition) is 5. The molecule has 1 N–H and O–H groups in total. The second-order valence-electron chi connectivity index (χ2n) is 9.20. The van der Waals surface area contributed by atoms with Crippen LogP contribution in [0.3, 0.4) is 0 Å². The van der Waals surface area contributed by atoms with Gasteiger partial charge in [-0.2, -0.15) is 0 Å². The number of carbonyl (C=O) groups is 2. The first kappa shape index (κ1) is 23.3. The Kier molecular flexibility index (Phi) is 6.62. The fourth-order valence-corrected chi connectivity index (χ4v) is 6.48. The van der Waals surface area contributed by atoms with Gasteiger partial charge in [-0.25, -0.2) is 0 Å². The highest BCUT2D eigenvalue weighted by molar-refractivity contribution is 7.21. The number of ether oxygens (including phenoxy) is 1. The molecule has 2 amide bonds. The first-order valence-corrected chi connectivity index (χ1v) is 12.5. The lowest BCUT2D eigenvalue weighted by Gasteiger charge is -2.44. The normalized spacial score (nSPS) is 24.2. The van der Waals surface area contributed by atoms with Crippen molar-refractivity contribution in [2.75, 3.05) is 44.3 Å². The van der Waals surface area contributed by atoms with Gasteiger partial charge in [0.1, 0.15) is 6.61 Å². The van der Waals surface area contributed by atoms with Crippen molar-refractivity contribution in [1.29, 1.82) is 0 Å². The zero-order valence-electron chi connectivity index (χ0n) is 18.9. The van der Waals surface area contributed by atoms with Gasteiger partial charge in [-0.3, -0.25) is 9.59 Å². The van der Waals surface area contributed by atoms with Crippen LogP contribution < -0.4 is 10.2 Å². The highest BCUT2D eigenvalue weighted by Crippen LogP contribution is 2.36. The average Bonchev–Trinajstić information content (AvgIpc) is 3.30. The predicted octanol–water partition coefficient (Wildman–Crippen LogP) is 4.18. The molecule has 4 saturated heterocycles. The van der Waals surface area contributed by atoms with Gasteiger partial charge in [-0.05, 0) is 66.6 Å². The highest BCUT2D eigenvalue weighted by atomic mass is 35.5. The SMILES string of the molecule is Cl.O=C(N[C@H]1CN2CCC1CC2)c1cc2cccc(-c3ccc(N4CCOCC4=O)cc3)c2s1. The Balaban J connectivity index is 0.00000241. The van der Waals surface area contributed by atoms with Crippen LogP contribution >= 0.6 is 23.7 Å². The fraction of sp³-hybridized carbons (Fsp3) is 0.385. The third kappa shape index (κ3) is 4.33. The molecule has 1 atom stereocenters. The van der Waals surface area contributed by atoms with Crippen molar-refractivity contribution in [2.24, 2.45) is 5.92 Å². The smallest absolute Gasteiger partial charge is 0.261 e. The van der Waals surface area contributed by atoms with E-state index in [-0.39, 0.29) is 36.9 Å². The summed E-state index contributed by atoms with van der Waals surface area (Å²) in [5.41, 5.74) is 3.08. The minimum atomic E-state index is -0.00648. The van der Waals surface area contributed by atoms with Crippen LogP contribution in [0.5, 0.6) is 0 Å². The molecule has 0 saturated carbocycles. The Hall–Kier alpha value is -2.45. The lowest BCUT2D eigenvalue weighted by atomic mass is 9.84. The summed E-state index contributed by atoms with van der Waals surface area (Å²) in [4.78, 5) is 30.2. The summed E-state index contributed by atoms with van der Waals surface area (Å²) in [7, 11) is 0. The van der Waals surface area contributed by atoms with Crippen LogP contribution in [0, 0.1) is 5.92 Å². The van der Waals surface area contributed by atoms with Crippen LogP contribution in [0.2, 0.25) is 0 Å². The lowest BCUT2D eigenvalue weighted by molar-refractivity contribution is -0.125. The van der Waals surface area contributed by atoms with Crippen LogP contribution in [0.4, 0.5) is 5.69 Å². The van der Waals surface area contributed by atoms with Gasteiger partial charge in [0.05, 0.1) is 11.5 Å². The number of amides is 2. The summed E-state index contributed by atoms with van der Waals surface area (Å²) in [5, 5.41) is 4.40. The standard InChI is InChI=1S/C26H27N3O3S.ClH/c30-24-16-32-13-12-29(24)20-6-4-17(5-7-20)21-3-1-2-19-14-23(33-25(19)21)26(31)27-22-15-28-10-8-18(22)9-11-28;/h1-7,14,18,22H,8-13,15-16H2,(H,27,31);1H/t22-;/m0./s1. The maximum Gasteiger partial charge on any atom is 0.261 e. The number of rotatable bonds is 4. The first-order chi connectivity index (χ1) is 16.2. The zero-order valence-corrected chi connectivity index (χ0v) is 20.5. The molecule has 34 heavy (non-hydrogen) atoms. The molecule has 1 aromatic heterocycles. The summed E-state index contributed by atoms with van der Waals surface area (Å²) in [5.74, 6) is 0.649. The molecule has 0 unspecified atom stereocenters. The summed E-state index contributed by atoms with van der Waals surface area (Å²) in [6.07, 6.45) is 2.38. The van der Waals surface area contributed by atoms with Gasteiger partial charge in [-0.1, -0.05) is 30.3 Å². The molecule has 6 nitrogen and oxygen atoms in total. The molecule has 4 aliphatic heterocycles. The van der Waals surface area contributed by atoms with E-state index in [1.165, 1.54) is 25.9 Å². The molecule has 0 spiro atoms. The Morgan fingerprint density at radius 2 is 1.85 bits per heavy atom. The van der Waals surface area contributed by atoms with E-state index in [4.69, 9.17) is 4.74 Å². The van der Waals surface area contributed by atoms with Crippen molar-refractivity contribution in [2.45, 2.75) is 18.9 Å². The predicted molar refractivity (Wildman–Crippen MR) is 138 cm³/mol. The van der Waals surface area contributed by atoms with E-state index in [0.29, 0.717) is 19.1 Å². The summed E-state index contributed by atoms with van der Waals surface area (Å²) >= 11 is 1.56. The molecule has 2 bridgehead atoms. The highest BCUT2D eigenvalue weighted by Gasteiger charge is 2.35. The van der Waals surface area contributed by atoms with Crippen LogP contribution in [-0.4, -0.2) is 62.1 Å². The van der Waals surface area contributed by atoms with Crippen molar-refractivity contribution < 1.29 is 14.3 Å². The maximum atomic E-state index is 13.1. The van der Waals surface area contributed by atoms with Gasteiger partial charge >= 0.3 is 0 Å². The minimum Gasteiger partial charge on any atom is -0.370 e. The number of halogens is 1. The van der Waals surface area contributed by atoms with E-state index < -0.39 is 0 Å². The number of benzene rings is 2. The fourth-order valence-electron chi connectivity index (χ4n) is 5.38. The third-order valence-electron chi connectivity index (χ3n) is 7.22. The average molecular weight is 498 g/mol. The third-order valence-corrected chi connectivity index (χ3v) is 8.40. The molecule has 4 fully saturated rings. The van der Waals surface area contributed by atoms with E-state index in [9.17, 15) is 9.59 Å². The van der Waals surface area contributed by atoms with Crippen molar-refractivity contribution >= 4 is 51.3 Å². The Morgan fingerprint density at radius 3 is 2.56 bits per heavy atom. The number of piperidine rings is 3. The number of fused-ring (bicyclic) bond motifs is 4. The second-order valence-corrected chi connectivity index (χ2v) is 10.2. The van der Waals surface area contributed by atoms with Crippen LogP contribution in [0.15, 0.2) is 48.5 Å². The van der Waals surface area contributed by atoms with Gasteiger partial charge < -0.3 is 19.9 Å². The van der Waals surface area contributed by atoms with Gasteiger partial charge in [0.25, 0.3) is 11.8 Å². The minimum absolute atomic E-state index is 0. The van der Waals surface area contributed by atoms with E-state index in [0.717, 1.165) is 38.3 Å². The Bertz CT molecular complexity index is 1200. The number of thiophene rings is 1. The molecule has 4 aliphatic rings. The van der Waals surface area contributed by atoms with Crippen molar-refractivity contribution in [3.63, 3.8) is 0 Å². The Morgan fingerprint density at radius 1 is 1.06 bits per heavy atom. The number of nitrogens with zero attached hydrogens (tertiary/aromatic N) is 2. The molecule has 8 heteroatoms. The molecule has 5 heterocycles. The monoisotopic (exact) mass is 497 g/mol. The van der Waals surface area contributed by atoms with E-state index >= 15 is 0 Å². The molecule has 7 rings (SSSR count). The van der Waals surface area contributed by atoms with Crippen molar-refractivity contribution in [3.05, 3.63) is 53.4 Å². The zero-order chi connectivity index (χ0) is 22.4. The number of morpholine rings is 1. The van der Waals surface area contributed by atoms with E-state index in [1.54, 1.807) is 16.2 Å². The van der Waals surface area contributed by atoms with Gasteiger partial charge in [0.2, 0.25) is 0 Å². The largest absolute Gasteiger partial charge is 0.370 e. The molecular weight excluding hydrogens is 470 g/mol. The summed E-state index contributed by atoms with van der Waals surface area (Å²) < 4.78 is 6.35. The van der Waals surface area contributed by atoms with Gasteiger partial charge in [0.15, 0.2) is 0 Å². The summed E-state index contributed by atoms with van der Waals surface area (Å²) in [6, 6.07) is 16.6. The lowest BCUT2D eigenvalue weighted by Crippen LogP contribution is -2.57. The van der Waals surface area contributed by atoms with Gasteiger partial charge in [0, 0.05) is 29.5 Å². The number of hydrogen-bond donors (Lipinski definition) is 1. The molecule has 2 aromatic carbocycles. The topological polar surface area (TPSA) is 61.9 Å². The molecular formula is C26H28ClN3O3S. The van der Waals surface area contributed by atoms with Crippen molar-refractivity contribution in [1.82, 2.24) is 10.2 Å². The van der Waals surface area contributed by atoms with Crippen LogP contribution in [0.1, 0.15) is 22.5 Å². The quantitative estimate of drug-likeness (QED) is 0.587. The molecule has 178 valence electrons.